The van der Waals surface area contributed by atoms with Crippen LogP contribution in [0.5, 0.6) is 5.75 Å². The van der Waals surface area contributed by atoms with E-state index in [2.05, 4.69) is 15.6 Å². The van der Waals surface area contributed by atoms with Gasteiger partial charge in [0.15, 0.2) is 6.61 Å². The molecule has 2 N–H and O–H groups in total. The van der Waals surface area contributed by atoms with Gasteiger partial charge in [0.1, 0.15) is 23.9 Å². The van der Waals surface area contributed by atoms with E-state index in [0.29, 0.717) is 24.8 Å². The first-order valence-corrected chi connectivity index (χ1v) is 10.7. The number of nitrogens with one attached hydrogen (secondary N) is 2. The summed E-state index contributed by atoms with van der Waals surface area (Å²) in [6.07, 6.45) is -1.76. The summed E-state index contributed by atoms with van der Waals surface area (Å²) >= 11 is 5.60. The minimum absolute atomic E-state index is 0.0417. The molecular formula is C22H20ClF4N3O4. The van der Waals surface area contributed by atoms with Crippen LogP contribution in [0.2, 0.25) is 5.02 Å². The van der Waals surface area contributed by atoms with Gasteiger partial charge in [0, 0.05) is 23.3 Å². The number of hydrogen-bond donors (Lipinski definition) is 2. The molecule has 0 aliphatic heterocycles. The Morgan fingerprint density at radius 2 is 1.68 bits per heavy atom. The largest absolute Gasteiger partial charge is 0.484 e. The van der Waals surface area contributed by atoms with E-state index >= 15 is 0 Å². The number of halogens is 5. The molecule has 0 atom stereocenters. The molecule has 2 bridgehead atoms. The Morgan fingerprint density at radius 3 is 2.24 bits per heavy atom. The molecular weight excluding hydrogens is 482 g/mol. The highest BCUT2D eigenvalue weighted by molar-refractivity contribution is 6.30. The van der Waals surface area contributed by atoms with Crippen LogP contribution in [0.3, 0.4) is 0 Å². The second-order valence-electron chi connectivity index (χ2n) is 8.59. The third kappa shape index (κ3) is 5.41. The second kappa shape index (κ2) is 9.03. The van der Waals surface area contributed by atoms with Crippen molar-refractivity contribution in [2.75, 3.05) is 13.2 Å². The summed E-state index contributed by atoms with van der Waals surface area (Å²) in [6, 6.07) is 5.99. The molecule has 34 heavy (non-hydrogen) atoms. The third-order valence-electron chi connectivity index (χ3n) is 5.72. The summed E-state index contributed by atoms with van der Waals surface area (Å²) in [4.78, 5) is 27.6. The van der Waals surface area contributed by atoms with Crippen molar-refractivity contribution in [3.05, 3.63) is 58.6 Å². The number of nitrogens with zero attached hydrogens (tertiary/aromatic N) is 1. The van der Waals surface area contributed by atoms with E-state index < -0.39 is 28.8 Å². The lowest BCUT2D eigenvalue weighted by atomic mass is 9.44. The first-order chi connectivity index (χ1) is 16.0. The molecule has 3 fully saturated rings. The molecule has 3 saturated carbocycles. The fraction of sp³-hybridized carbons (Fsp3) is 0.409. The first kappa shape index (κ1) is 24.2. The van der Waals surface area contributed by atoms with Gasteiger partial charge in [-0.2, -0.15) is 13.2 Å². The minimum Gasteiger partial charge on any atom is -0.484 e. The molecule has 2 aromatic rings. The number of carbonyl (C=O) groups excluding carboxylic acids is 2. The fourth-order valence-corrected chi connectivity index (χ4v) is 4.49. The van der Waals surface area contributed by atoms with Crippen molar-refractivity contribution in [2.45, 2.75) is 43.1 Å². The number of rotatable bonds is 9. The molecule has 12 heteroatoms. The van der Waals surface area contributed by atoms with E-state index in [9.17, 15) is 27.2 Å². The number of amides is 2. The zero-order chi connectivity index (χ0) is 24.6. The maximum Gasteiger partial charge on any atom is 0.433 e. The third-order valence-corrected chi connectivity index (χ3v) is 6.02. The molecule has 1 heterocycles. The molecule has 0 unspecified atom stereocenters. The van der Waals surface area contributed by atoms with Crippen molar-refractivity contribution in [3.8, 4) is 5.75 Å². The highest BCUT2D eigenvalue weighted by atomic mass is 35.5. The molecule has 3 aliphatic carbocycles. The van der Waals surface area contributed by atoms with Gasteiger partial charge in [-0.05, 0) is 43.0 Å². The fourth-order valence-electron chi connectivity index (χ4n) is 4.37. The van der Waals surface area contributed by atoms with Gasteiger partial charge in [0.05, 0.1) is 11.6 Å². The Balaban J connectivity index is 1.13. The van der Waals surface area contributed by atoms with Crippen LogP contribution in [0.1, 0.15) is 30.5 Å². The SMILES string of the molecule is O=C(COCc1ccc(C(F)(F)F)nc1)NC12CC(NC(=O)COc3ccc(Cl)c(F)c3)(C1)C2. The number of carbonyl (C=O) groups is 2. The molecule has 182 valence electrons. The van der Waals surface area contributed by atoms with Crippen LogP contribution in [0.15, 0.2) is 36.5 Å². The summed E-state index contributed by atoms with van der Waals surface area (Å²) in [7, 11) is 0. The van der Waals surface area contributed by atoms with Crippen LogP contribution in [0, 0.1) is 5.82 Å². The molecule has 1 aromatic heterocycles. The number of hydrogen-bond acceptors (Lipinski definition) is 5. The average molecular weight is 502 g/mol. The number of alkyl halides is 3. The lowest BCUT2D eigenvalue weighted by Crippen LogP contribution is -2.84. The van der Waals surface area contributed by atoms with Crippen LogP contribution >= 0.6 is 11.6 Å². The Bertz CT molecular complexity index is 1070. The molecule has 3 aliphatic rings. The van der Waals surface area contributed by atoms with Crippen LogP contribution in [-0.2, 0) is 27.1 Å². The topological polar surface area (TPSA) is 89.5 Å². The van der Waals surface area contributed by atoms with Crippen molar-refractivity contribution >= 4 is 23.4 Å². The Kier molecular flexibility index (Phi) is 6.43. The zero-order valence-electron chi connectivity index (χ0n) is 17.7. The summed E-state index contributed by atoms with van der Waals surface area (Å²) in [5.74, 6) is -1.17. The highest BCUT2D eigenvalue weighted by Crippen LogP contribution is 2.60. The summed E-state index contributed by atoms with van der Waals surface area (Å²) in [6.45, 7) is -0.592. The number of pyridine rings is 1. The van der Waals surface area contributed by atoms with E-state index in [1.54, 1.807) is 0 Å². The standard InChI is InChI=1S/C22H20ClF4N3O4/c23-15-3-2-14(5-16(15)24)34-9-19(32)30-21-10-20(11-21,12-21)29-18(31)8-33-7-13-1-4-17(28-6-13)22(25,26)27/h1-6H,7-12H2,(H,29,31)(H,30,32). The van der Waals surface area contributed by atoms with Gasteiger partial charge in [-0.1, -0.05) is 17.7 Å². The lowest BCUT2D eigenvalue weighted by molar-refractivity contribution is -0.152. The number of ether oxygens (including phenoxy) is 2. The molecule has 0 spiro atoms. The monoisotopic (exact) mass is 501 g/mol. The van der Waals surface area contributed by atoms with E-state index in [1.165, 1.54) is 18.2 Å². The van der Waals surface area contributed by atoms with Gasteiger partial charge in [-0.15, -0.1) is 0 Å². The van der Waals surface area contributed by atoms with Crippen LogP contribution in [0.25, 0.3) is 0 Å². The first-order valence-electron chi connectivity index (χ1n) is 10.3. The van der Waals surface area contributed by atoms with Crippen molar-refractivity contribution in [1.82, 2.24) is 15.6 Å². The van der Waals surface area contributed by atoms with Crippen LogP contribution in [-0.4, -0.2) is 41.1 Å². The molecule has 7 nitrogen and oxygen atoms in total. The second-order valence-corrected chi connectivity index (χ2v) is 9.00. The number of benzene rings is 1. The predicted molar refractivity (Wildman–Crippen MR) is 111 cm³/mol. The van der Waals surface area contributed by atoms with Gasteiger partial charge in [-0.25, -0.2) is 4.39 Å². The Morgan fingerprint density at radius 1 is 1.03 bits per heavy atom. The van der Waals surface area contributed by atoms with Gasteiger partial charge >= 0.3 is 6.18 Å². The summed E-state index contributed by atoms with van der Waals surface area (Å²) in [5.41, 5.74) is -1.38. The summed E-state index contributed by atoms with van der Waals surface area (Å²) < 4.78 is 61.5. The highest BCUT2D eigenvalue weighted by Gasteiger charge is 2.69. The Hall–Kier alpha value is -2.92. The van der Waals surface area contributed by atoms with Gasteiger partial charge in [0.2, 0.25) is 5.91 Å². The van der Waals surface area contributed by atoms with Gasteiger partial charge in [0.25, 0.3) is 5.91 Å². The van der Waals surface area contributed by atoms with E-state index in [0.717, 1.165) is 18.3 Å². The molecule has 0 saturated heterocycles. The van der Waals surface area contributed by atoms with Crippen molar-refractivity contribution < 1.29 is 36.6 Å². The van der Waals surface area contributed by atoms with Crippen molar-refractivity contribution in [1.29, 1.82) is 0 Å². The molecule has 0 radical (unpaired) electrons. The summed E-state index contributed by atoms with van der Waals surface area (Å²) in [5, 5.41) is 5.71. The van der Waals surface area contributed by atoms with E-state index in [4.69, 9.17) is 21.1 Å². The smallest absolute Gasteiger partial charge is 0.433 e. The van der Waals surface area contributed by atoms with E-state index in [-0.39, 0.29) is 42.4 Å². The van der Waals surface area contributed by atoms with Crippen molar-refractivity contribution in [2.24, 2.45) is 0 Å². The van der Waals surface area contributed by atoms with Crippen LogP contribution in [0.4, 0.5) is 17.6 Å². The van der Waals surface area contributed by atoms with Crippen LogP contribution < -0.4 is 15.4 Å². The number of aromatic nitrogens is 1. The Labute approximate surface area is 196 Å². The normalized spacial score (nSPS) is 22.9. The maximum absolute atomic E-state index is 13.4. The molecule has 1 aromatic carbocycles. The predicted octanol–water partition coefficient (Wildman–Crippen LogP) is 3.40. The average Bonchev–Trinajstić information content (AvgIpc) is 2.72. The maximum atomic E-state index is 13.4. The van der Waals surface area contributed by atoms with E-state index in [1.807, 2.05) is 0 Å². The molecule has 2 amide bonds. The zero-order valence-corrected chi connectivity index (χ0v) is 18.4. The minimum atomic E-state index is -4.51. The van der Waals surface area contributed by atoms with Crippen molar-refractivity contribution in [3.63, 3.8) is 0 Å². The molecule has 5 rings (SSSR count). The lowest BCUT2D eigenvalue weighted by Gasteiger charge is -2.70. The van der Waals surface area contributed by atoms with Gasteiger partial charge in [-0.3, -0.25) is 14.6 Å². The quantitative estimate of drug-likeness (QED) is 0.514. The van der Waals surface area contributed by atoms with Gasteiger partial charge < -0.3 is 20.1 Å².